The van der Waals surface area contributed by atoms with Crippen molar-refractivity contribution in [2.24, 2.45) is 11.7 Å². The summed E-state index contributed by atoms with van der Waals surface area (Å²) in [6.45, 7) is 2.19. The smallest absolute Gasteiger partial charge is 0.242 e. The number of nitrogens with zero attached hydrogens (tertiary/aromatic N) is 1. The zero-order valence-electron chi connectivity index (χ0n) is 9.76. The SMILES string of the molecule is CCC1CC1NS(=O)(=O)c1cccnc1CN. The van der Waals surface area contributed by atoms with Crippen LogP contribution in [0.15, 0.2) is 23.2 Å². The monoisotopic (exact) mass is 255 g/mol. The number of sulfonamides is 1. The Kier molecular flexibility index (Phi) is 3.46. The lowest BCUT2D eigenvalue weighted by Crippen LogP contribution is -2.28. The Bertz CT molecular complexity index is 501. The lowest BCUT2D eigenvalue weighted by atomic mass is 10.3. The van der Waals surface area contributed by atoms with E-state index in [1.807, 2.05) is 0 Å². The molecule has 1 aliphatic carbocycles. The molecule has 0 spiro atoms. The van der Waals surface area contributed by atoms with Crippen molar-refractivity contribution in [3.05, 3.63) is 24.0 Å². The third-order valence-electron chi connectivity index (χ3n) is 3.08. The molecule has 0 radical (unpaired) electrons. The van der Waals surface area contributed by atoms with Crippen molar-refractivity contribution in [2.75, 3.05) is 0 Å². The van der Waals surface area contributed by atoms with Gasteiger partial charge in [-0.2, -0.15) is 0 Å². The zero-order chi connectivity index (χ0) is 12.5. The number of nitrogens with two attached hydrogens (primary N) is 1. The van der Waals surface area contributed by atoms with E-state index in [0.29, 0.717) is 11.6 Å². The van der Waals surface area contributed by atoms with Crippen molar-refractivity contribution in [1.82, 2.24) is 9.71 Å². The van der Waals surface area contributed by atoms with Gasteiger partial charge in [0.25, 0.3) is 0 Å². The third kappa shape index (κ3) is 2.65. The van der Waals surface area contributed by atoms with E-state index < -0.39 is 10.0 Å². The van der Waals surface area contributed by atoms with Crippen molar-refractivity contribution >= 4 is 10.0 Å². The van der Waals surface area contributed by atoms with Crippen LogP contribution in [0.3, 0.4) is 0 Å². The molecule has 3 N–H and O–H groups in total. The van der Waals surface area contributed by atoms with Crippen molar-refractivity contribution in [1.29, 1.82) is 0 Å². The molecular weight excluding hydrogens is 238 g/mol. The molecule has 1 aromatic rings. The first-order chi connectivity index (χ1) is 8.08. The highest BCUT2D eigenvalue weighted by molar-refractivity contribution is 7.89. The van der Waals surface area contributed by atoms with Crippen LogP contribution in [-0.4, -0.2) is 19.4 Å². The minimum Gasteiger partial charge on any atom is -0.325 e. The molecule has 0 saturated heterocycles. The number of hydrogen-bond donors (Lipinski definition) is 2. The maximum Gasteiger partial charge on any atom is 0.242 e. The summed E-state index contributed by atoms with van der Waals surface area (Å²) < 4.78 is 26.9. The third-order valence-corrected chi connectivity index (χ3v) is 4.65. The van der Waals surface area contributed by atoms with Crippen molar-refractivity contribution in [3.63, 3.8) is 0 Å². The maximum atomic E-state index is 12.1. The fourth-order valence-corrected chi connectivity index (χ4v) is 3.45. The number of pyridine rings is 1. The van der Waals surface area contributed by atoms with Crippen molar-refractivity contribution in [3.8, 4) is 0 Å². The Labute approximate surface area is 101 Å². The normalized spacial score (nSPS) is 23.6. The van der Waals surface area contributed by atoms with E-state index in [1.165, 1.54) is 0 Å². The molecular formula is C11H17N3O2S. The molecule has 1 fully saturated rings. The summed E-state index contributed by atoms with van der Waals surface area (Å²) in [5.74, 6) is 0.475. The molecule has 0 aliphatic heterocycles. The zero-order valence-corrected chi connectivity index (χ0v) is 10.6. The summed E-state index contributed by atoms with van der Waals surface area (Å²) >= 11 is 0. The van der Waals surface area contributed by atoms with Crippen LogP contribution in [0.25, 0.3) is 0 Å². The van der Waals surface area contributed by atoms with Gasteiger partial charge >= 0.3 is 0 Å². The van der Waals surface area contributed by atoms with E-state index in [4.69, 9.17) is 5.73 Å². The van der Waals surface area contributed by atoms with Gasteiger partial charge in [-0.1, -0.05) is 13.3 Å². The molecule has 5 nitrogen and oxygen atoms in total. The molecule has 0 aromatic carbocycles. The first kappa shape index (κ1) is 12.5. The standard InChI is InChI=1S/C11H17N3O2S/c1-2-8-6-9(8)14-17(15,16)11-4-3-5-13-10(11)7-12/h3-5,8-9,14H,2,6-7,12H2,1H3. The lowest BCUT2D eigenvalue weighted by Gasteiger charge is -2.09. The largest absolute Gasteiger partial charge is 0.325 e. The van der Waals surface area contributed by atoms with Crippen molar-refractivity contribution in [2.45, 2.75) is 37.2 Å². The van der Waals surface area contributed by atoms with Crippen LogP contribution in [0, 0.1) is 5.92 Å². The predicted octanol–water partition coefficient (Wildman–Crippen LogP) is 0.617. The number of nitrogens with one attached hydrogen (secondary N) is 1. The fraction of sp³-hybridized carbons (Fsp3) is 0.545. The minimum absolute atomic E-state index is 0.0795. The molecule has 2 unspecified atom stereocenters. The average molecular weight is 255 g/mol. The lowest BCUT2D eigenvalue weighted by molar-refractivity contribution is 0.574. The summed E-state index contributed by atoms with van der Waals surface area (Å²) in [6, 6.07) is 3.23. The van der Waals surface area contributed by atoms with Gasteiger partial charge in [0.05, 0.1) is 5.69 Å². The summed E-state index contributed by atoms with van der Waals surface area (Å²) in [5, 5.41) is 0. The van der Waals surface area contributed by atoms with Gasteiger partial charge in [-0.25, -0.2) is 13.1 Å². The van der Waals surface area contributed by atoms with Crippen LogP contribution in [0.5, 0.6) is 0 Å². The molecule has 17 heavy (non-hydrogen) atoms. The molecule has 2 rings (SSSR count). The van der Waals surface area contributed by atoms with Gasteiger partial charge in [0.1, 0.15) is 4.90 Å². The first-order valence-electron chi connectivity index (χ1n) is 5.74. The summed E-state index contributed by atoms with van der Waals surface area (Å²) in [6.07, 6.45) is 3.48. The van der Waals surface area contributed by atoms with E-state index in [2.05, 4.69) is 16.6 Å². The molecule has 94 valence electrons. The van der Waals surface area contributed by atoms with Gasteiger partial charge < -0.3 is 5.73 Å². The quantitative estimate of drug-likeness (QED) is 0.807. The van der Waals surface area contributed by atoms with E-state index >= 15 is 0 Å². The van der Waals surface area contributed by atoms with Crippen LogP contribution >= 0.6 is 0 Å². The summed E-state index contributed by atoms with van der Waals surface area (Å²) in [4.78, 5) is 4.18. The molecule has 1 aliphatic rings. The van der Waals surface area contributed by atoms with E-state index in [9.17, 15) is 8.42 Å². The van der Waals surface area contributed by atoms with Gasteiger partial charge in [-0.3, -0.25) is 4.98 Å². The van der Waals surface area contributed by atoms with Crippen LogP contribution in [0.4, 0.5) is 0 Å². The summed E-state index contributed by atoms with van der Waals surface area (Å²) in [7, 11) is -3.48. The maximum absolute atomic E-state index is 12.1. The Hall–Kier alpha value is -0.980. The van der Waals surface area contributed by atoms with Gasteiger partial charge in [-0.05, 0) is 24.5 Å². The average Bonchev–Trinajstić information content (AvgIpc) is 3.06. The minimum atomic E-state index is -3.48. The fourth-order valence-electron chi connectivity index (χ4n) is 1.93. The van der Waals surface area contributed by atoms with Crippen LogP contribution < -0.4 is 10.5 Å². The van der Waals surface area contributed by atoms with E-state index in [-0.39, 0.29) is 17.5 Å². The van der Waals surface area contributed by atoms with Gasteiger partial charge in [-0.15, -0.1) is 0 Å². The molecule has 1 saturated carbocycles. The van der Waals surface area contributed by atoms with Gasteiger partial charge in [0, 0.05) is 18.8 Å². The topological polar surface area (TPSA) is 85.1 Å². The Morgan fingerprint density at radius 3 is 2.94 bits per heavy atom. The Balaban J connectivity index is 2.20. The van der Waals surface area contributed by atoms with Crippen LogP contribution in [0.2, 0.25) is 0 Å². The highest BCUT2D eigenvalue weighted by Gasteiger charge is 2.39. The number of aromatic nitrogens is 1. The number of rotatable bonds is 5. The van der Waals surface area contributed by atoms with E-state index in [0.717, 1.165) is 12.8 Å². The molecule has 1 aromatic heterocycles. The second-order valence-corrected chi connectivity index (χ2v) is 5.97. The molecule has 2 atom stereocenters. The van der Waals surface area contributed by atoms with Crippen LogP contribution in [0.1, 0.15) is 25.5 Å². The van der Waals surface area contributed by atoms with Crippen LogP contribution in [-0.2, 0) is 16.6 Å². The molecule has 6 heteroatoms. The second kappa shape index (κ2) is 4.72. The molecule has 0 bridgehead atoms. The molecule has 0 amide bonds. The summed E-state index contributed by atoms with van der Waals surface area (Å²) in [5.41, 5.74) is 5.90. The predicted molar refractivity (Wildman–Crippen MR) is 64.6 cm³/mol. The number of hydrogen-bond acceptors (Lipinski definition) is 4. The second-order valence-electron chi connectivity index (χ2n) is 4.28. The molecule has 1 heterocycles. The van der Waals surface area contributed by atoms with Gasteiger partial charge in [0.15, 0.2) is 0 Å². The Morgan fingerprint density at radius 2 is 2.35 bits per heavy atom. The Morgan fingerprint density at radius 1 is 1.59 bits per heavy atom. The van der Waals surface area contributed by atoms with E-state index in [1.54, 1.807) is 18.3 Å². The highest BCUT2D eigenvalue weighted by atomic mass is 32.2. The highest BCUT2D eigenvalue weighted by Crippen LogP contribution is 2.34. The first-order valence-corrected chi connectivity index (χ1v) is 7.23. The van der Waals surface area contributed by atoms with Crippen molar-refractivity contribution < 1.29 is 8.42 Å². The van der Waals surface area contributed by atoms with Gasteiger partial charge in [0.2, 0.25) is 10.0 Å².